The SMILES string of the molecule is C=CNC(Cc1ccccc1)C(=O)NC(CCN)C(=O)NCC(=O)NC(C(=O)NCC=O)C(C)C. The first-order valence-corrected chi connectivity index (χ1v) is 11.4. The summed E-state index contributed by atoms with van der Waals surface area (Å²) < 4.78 is 0. The average Bonchev–Trinajstić information content (AvgIpc) is 2.84. The van der Waals surface area contributed by atoms with Crippen LogP contribution in [0.25, 0.3) is 0 Å². The minimum Gasteiger partial charge on any atom is -0.380 e. The molecule has 0 aliphatic heterocycles. The van der Waals surface area contributed by atoms with E-state index < -0.39 is 48.3 Å². The summed E-state index contributed by atoms with van der Waals surface area (Å²) in [7, 11) is 0. The van der Waals surface area contributed by atoms with Crippen LogP contribution in [0, 0.1) is 5.92 Å². The first-order chi connectivity index (χ1) is 16.7. The number of hydrogen-bond acceptors (Lipinski definition) is 7. The molecular weight excluding hydrogens is 452 g/mol. The van der Waals surface area contributed by atoms with E-state index in [-0.39, 0.29) is 25.4 Å². The number of hydrogen-bond donors (Lipinski definition) is 6. The molecule has 1 rings (SSSR count). The maximum atomic E-state index is 12.9. The highest BCUT2D eigenvalue weighted by Crippen LogP contribution is 2.05. The van der Waals surface area contributed by atoms with Crippen LogP contribution in [0.1, 0.15) is 25.8 Å². The molecule has 0 aliphatic rings. The number of nitrogens with one attached hydrogen (secondary N) is 5. The molecule has 0 spiro atoms. The lowest BCUT2D eigenvalue weighted by molar-refractivity contribution is -0.132. The molecule has 0 fully saturated rings. The number of rotatable bonds is 16. The largest absolute Gasteiger partial charge is 0.380 e. The zero-order chi connectivity index (χ0) is 26.2. The molecule has 3 atom stereocenters. The Kier molecular flexibility index (Phi) is 13.4. The van der Waals surface area contributed by atoms with E-state index in [1.54, 1.807) is 13.8 Å². The molecule has 3 unspecified atom stereocenters. The molecule has 0 heterocycles. The van der Waals surface area contributed by atoms with E-state index in [1.165, 1.54) is 6.20 Å². The van der Waals surface area contributed by atoms with Gasteiger partial charge in [-0.25, -0.2) is 0 Å². The fourth-order valence-electron chi connectivity index (χ4n) is 3.23. The zero-order valence-electron chi connectivity index (χ0n) is 20.2. The Labute approximate surface area is 205 Å². The minimum atomic E-state index is -0.957. The zero-order valence-corrected chi connectivity index (χ0v) is 20.2. The monoisotopic (exact) mass is 488 g/mol. The predicted octanol–water partition coefficient (Wildman–Crippen LogP) is -1.26. The summed E-state index contributed by atoms with van der Waals surface area (Å²) in [4.78, 5) is 60.5. The first-order valence-electron chi connectivity index (χ1n) is 11.4. The highest BCUT2D eigenvalue weighted by Gasteiger charge is 2.27. The third-order valence-electron chi connectivity index (χ3n) is 5.05. The summed E-state index contributed by atoms with van der Waals surface area (Å²) in [5.74, 6) is -2.34. The van der Waals surface area contributed by atoms with E-state index >= 15 is 0 Å². The van der Waals surface area contributed by atoms with Crippen molar-refractivity contribution in [2.75, 3.05) is 19.6 Å². The highest BCUT2D eigenvalue weighted by molar-refractivity contribution is 5.93. The highest BCUT2D eigenvalue weighted by atomic mass is 16.2. The van der Waals surface area contributed by atoms with Crippen molar-refractivity contribution in [1.82, 2.24) is 26.6 Å². The van der Waals surface area contributed by atoms with Crippen LogP contribution in [0.15, 0.2) is 43.1 Å². The molecule has 11 heteroatoms. The molecule has 0 saturated carbocycles. The summed E-state index contributed by atoms with van der Waals surface area (Å²) in [6.07, 6.45) is 2.49. The quantitative estimate of drug-likeness (QED) is 0.158. The molecule has 35 heavy (non-hydrogen) atoms. The van der Waals surface area contributed by atoms with Crippen LogP contribution in [0.5, 0.6) is 0 Å². The van der Waals surface area contributed by atoms with Gasteiger partial charge in [0.2, 0.25) is 23.6 Å². The van der Waals surface area contributed by atoms with E-state index in [0.29, 0.717) is 12.7 Å². The van der Waals surface area contributed by atoms with Gasteiger partial charge in [-0.15, -0.1) is 0 Å². The number of aldehydes is 1. The summed E-state index contributed by atoms with van der Waals surface area (Å²) in [5, 5.41) is 13.0. The van der Waals surface area contributed by atoms with Gasteiger partial charge in [-0.2, -0.15) is 0 Å². The van der Waals surface area contributed by atoms with Crippen LogP contribution >= 0.6 is 0 Å². The Bertz CT molecular complexity index is 861. The van der Waals surface area contributed by atoms with Gasteiger partial charge in [-0.1, -0.05) is 50.8 Å². The summed E-state index contributed by atoms with van der Waals surface area (Å²) in [5.41, 5.74) is 6.54. The van der Waals surface area contributed by atoms with E-state index in [1.807, 2.05) is 30.3 Å². The third kappa shape index (κ3) is 10.8. The Morgan fingerprint density at radius 2 is 1.66 bits per heavy atom. The van der Waals surface area contributed by atoms with Crippen molar-refractivity contribution < 1.29 is 24.0 Å². The van der Waals surface area contributed by atoms with Crippen LogP contribution in [-0.4, -0.2) is 67.7 Å². The summed E-state index contributed by atoms with van der Waals surface area (Å²) in [6.45, 7) is 6.64. The summed E-state index contributed by atoms with van der Waals surface area (Å²) in [6, 6.07) is 6.88. The number of nitrogens with two attached hydrogens (primary N) is 1. The Morgan fingerprint density at radius 3 is 2.23 bits per heavy atom. The van der Waals surface area contributed by atoms with E-state index in [2.05, 4.69) is 33.2 Å². The lowest BCUT2D eigenvalue weighted by Gasteiger charge is -2.23. The van der Waals surface area contributed by atoms with Crippen LogP contribution < -0.4 is 32.3 Å². The third-order valence-corrected chi connectivity index (χ3v) is 5.05. The molecule has 0 bridgehead atoms. The molecule has 0 aromatic heterocycles. The van der Waals surface area contributed by atoms with Crippen molar-refractivity contribution in [3.63, 3.8) is 0 Å². The molecule has 192 valence electrons. The number of benzene rings is 1. The molecule has 1 aromatic rings. The number of amides is 4. The Balaban J connectivity index is 2.72. The van der Waals surface area contributed by atoms with Gasteiger partial charge < -0.3 is 37.1 Å². The van der Waals surface area contributed by atoms with E-state index in [4.69, 9.17) is 5.73 Å². The van der Waals surface area contributed by atoms with Gasteiger partial charge in [0.1, 0.15) is 24.4 Å². The van der Waals surface area contributed by atoms with E-state index in [9.17, 15) is 24.0 Å². The van der Waals surface area contributed by atoms with Crippen molar-refractivity contribution in [3.05, 3.63) is 48.7 Å². The molecule has 1 aromatic carbocycles. The molecule has 11 nitrogen and oxygen atoms in total. The normalized spacial score (nSPS) is 13.0. The van der Waals surface area contributed by atoms with Crippen molar-refractivity contribution in [2.45, 2.75) is 44.8 Å². The molecule has 0 radical (unpaired) electrons. The minimum absolute atomic E-state index is 0.134. The molecule has 7 N–H and O–H groups in total. The molecular formula is C24H36N6O5. The molecule has 0 saturated heterocycles. The fourth-order valence-corrected chi connectivity index (χ4v) is 3.23. The lowest BCUT2D eigenvalue weighted by Crippen LogP contribution is -2.55. The number of carbonyl (C=O) groups excluding carboxylic acids is 5. The number of carbonyl (C=O) groups is 5. The van der Waals surface area contributed by atoms with E-state index in [0.717, 1.165) is 5.56 Å². The van der Waals surface area contributed by atoms with Gasteiger partial charge in [0.05, 0.1) is 13.1 Å². The average molecular weight is 489 g/mol. The van der Waals surface area contributed by atoms with Crippen LogP contribution in [0.2, 0.25) is 0 Å². The second kappa shape index (κ2) is 16.0. The standard InChI is InChI=1S/C24H36N6O5/c1-4-26-19(14-17-8-6-5-7-9-17)23(34)29-18(10-11-25)22(33)28-15-20(32)30-21(16(2)3)24(35)27-12-13-31/h4-9,13,16,18-19,21,26H,1,10-12,14-15,25H2,2-3H3,(H,27,35)(H,28,33)(H,29,34)(H,30,32). The topological polar surface area (TPSA) is 172 Å². The Hall–Kier alpha value is -3.73. The Morgan fingerprint density at radius 1 is 0.971 bits per heavy atom. The predicted molar refractivity (Wildman–Crippen MR) is 132 cm³/mol. The van der Waals surface area contributed by atoms with Crippen LogP contribution in [0.3, 0.4) is 0 Å². The van der Waals surface area contributed by atoms with Crippen molar-refractivity contribution in [1.29, 1.82) is 0 Å². The van der Waals surface area contributed by atoms with Gasteiger partial charge in [-0.05, 0) is 30.6 Å². The molecule has 4 amide bonds. The first kappa shape index (κ1) is 29.3. The van der Waals surface area contributed by atoms with Crippen molar-refractivity contribution in [3.8, 4) is 0 Å². The van der Waals surface area contributed by atoms with Gasteiger partial charge >= 0.3 is 0 Å². The second-order valence-electron chi connectivity index (χ2n) is 8.17. The molecule has 0 aliphatic carbocycles. The summed E-state index contributed by atoms with van der Waals surface area (Å²) >= 11 is 0. The van der Waals surface area contributed by atoms with Gasteiger partial charge in [0.15, 0.2) is 0 Å². The van der Waals surface area contributed by atoms with Crippen LogP contribution in [0.4, 0.5) is 0 Å². The van der Waals surface area contributed by atoms with Gasteiger partial charge in [0.25, 0.3) is 0 Å². The lowest BCUT2D eigenvalue weighted by atomic mass is 10.0. The van der Waals surface area contributed by atoms with Gasteiger partial charge in [0, 0.05) is 6.42 Å². The second-order valence-corrected chi connectivity index (χ2v) is 8.17. The maximum Gasteiger partial charge on any atom is 0.243 e. The van der Waals surface area contributed by atoms with Crippen molar-refractivity contribution >= 4 is 29.9 Å². The smallest absolute Gasteiger partial charge is 0.243 e. The van der Waals surface area contributed by atoms with Crippen LogP contribution in [-0.2, 0) is 30.4 Å². The van der Waals surface area contributed by atoms with Gasteiger partial charge in [-0.3, -0.25) is 19.2 Å². The van der Waals surface area contributed by atoms with Crippen molar-refractivity contribution in [2.24, 2.45) is 11.7 Å². The maximum absolute atomic E-state index is 12.9. The fraction of sp³-hybridized carbons (Fsp3) is 0.458.